The molecule has 0 radical (unpaired) electrons. The molecule has 1 N–H and O–H groups in total. The number of piperidine rings is 1. The Morgan fingerprint density at radius 2 is 2.14 bits per heavy atom. The van der Waals surface area contributed by atoms with E-state index in [4.69, 9.17) is 0 Å². The predicted molar refractivity (Wildman–Crippen MR) is 60.5 cm³/mol. The van der Waals surface area contributed by atoms with Crippen molar-refractivity contribution in [2.45, 2.75) is 51.6 Å². The summed E-state index contributed by atoms with van der Waals surface area (Å²) in [6, 6.07) is 0.787. The fourth-order valence-electron chi connectivity index (χ4n) is 2.76. The lowest BCUT2D eigenvalue weighted by atomic mass is 9.94. The van der Waals surface area contributed by atoms with E-state index in [1.54, 1.807) is 0 Å². The standard InChI is InChI=1S/C12H24N2/c1-4-12(2,3)14-8-10-6-5-7-13-11(10)9-14/h10-11,13H,4-9H2,1-3H3/t10-,11+/m1/s1. The zero-order chi connectivity index (χ0) is 10.2. The first-order chi connectivity index (χ1) is 6.63. The summed E-state index contributed by atoms with van der Waals surface area (Å²) in [6.07, 6.45) is 4.07. The second kappa shape index (κ2) is 3.82. The number of hydrogen-bond donors (Lipinski definition) is 1. The maximum atomic E-state index is 3.67. The molecule has 82 valence electrons. The maximum absolute atomic E-state index is 3.67. The molecule has 2 heterocycles. The Bertz CT molecular complexity index is 186. The molecule has 0 aromatic carbocycles. The van der Waals surface area contributed by atoms with E-state index >= 15 is 0 Å². The smallest absolute Gasteiger partial charge is 0.0235 e. The first kappa shape index (κ1) is 10.4. The minimum absolute atomic E-state index is 0.402. The average molecular weight is 196 g/mol. The molecule has 0 saturated carbocycles. The zero-order valence-electron chi connectivity index (χ0n) is 9.84. The molecule has 14 heavy (non-hydrogen) atoms. The molecule has 2 atom stereocenters. The van der Waals surface area contributed by atoms with Crippen LogP contribution in [0.4, 0.5) is 0 Å². The molecule has 0 unspecified atom stereocenters. The van der Waals surface area contributed by atoms with E-state index in [1.165, 1.54) is 38.9 Å². The second-order valence-corrected chi connectivity index (χ2v) is 5.53. The van der Waals surface area contributed by atoms with Crippen LogP contribution in [-0.2, 0) is 0 Å². The van der Waals surface area contributed by atoms with Gasteiger partial charge in [-0.2, -0.15) is 0 Å². The third-order valence-corrected chi connectivity index (χ3v) is 4.32. The van der Waals surface area contributed by atoms with Crippen LogP contribution in [-0.4, -0.2) is 36.1 Å². The van der Waals surface area contributed by atoms with Gasteiger partial charge in [0, 0.05) is 24.7 Å². The van der Waals surface area contributed by atoms with E-state index < -0.39 is 0 Å². The molecule has 2 nitrogen and oxygen atoms in total. The number of fused-ring (bicyclic) bond motifs is 1. The van der Waals surface area contributed by atoms with E-state index in [-0.39, 0.29) is 0 Å². The second-order valence-electron chi connectivity index (χ2n) is 5.53. The van der Waals surface area contributed by atoms with Crippen molar-refractivity contribution in [3.05, 3.63) is 0 Å². The fraction of sp³-hybridized carbons (Fsp3) is 1.00. The van der Waals surface area contributed by atoms with Gasteiger partial charge in [0.15, 0.2) is 0 Å². The van der Waals surface area contributed by atoms with E-state index in [1.807, 2.05) is 0 Å². The molecule has 2 saturated heterocycles. The van der Waals surface area contributed by atoms with Gasteiger partial charge >= 0.3 is 0 Å². The summed E-state index contributed by atoms with van der Waals surface area (Å²) in [5.74, 6) is 0.926. The Hall–Kier alpha value is -0.0800. The highest BCUT2D eigenvalue weighted by Crippen LogP contribution is 2.31. The van der Waals surface area contributed by atoms with Gasteiger partial charge in [-0.1, -0.05) is 6.92 Å². The van der Waals surface area contributed by atoms with Crippen molar-refractivity contribution in [2.24, 2.45) is 5.92 Å². The van der Waals surface area contributed by atoms with Crippen LogP contribution in [0.15, 0.2) is 0 Å². The van der Waals surface area contributed by atoms with E-state index in [9.17, 15) is 0 Å². The Labute approximate surface area is 88.1 Å². The molecule has 2 aliphatic rings. The van der Waals surface area contributed by atoms with Gasteiger partial charge in [-0.05, 0) is 45.6 Å². The highest BCUT2D eigenvalue weighted by atomic mass is 15.2. The molecule has 0 aromatic rings. The van der Waals surface area contributed by atoms with Crippen LogP contribution in [0.2, 0.25) is 0 Å². The molecule has 0 amide bonds. The van der Waals surface area contributed by atoms with Crippen molar-refractivity contribution in [1.82, 2.24) is 10.2 Å². The zero-order valence-corrected chi connectivity index (χ0v) is 9.84. The number of nitrogens with one attached hydrogen (secondary N) is 1. The predicted octanol–water partition coefficient (Wildman–Crippen LogP) is 1.86. The summed E-state index contributed by atoms with van der Waals surface area (Å²) in [5.41, 5.74) is 0.402. The van der Waals surface area contributed by atoms with Gasteiger partial charge in [0.1, 0.15) is 0 Å². The minimum Gasteiger partial charge on any atom is -0.312 e. The van der Waals surface area contributed by atoms with Crippen LogP contribution < -0.4 is 5.32 Å². The minimum atomic E-state index is 0.402. The summed E-state index contributed by atoms with van der Waals surface area (Å²) >= 11 is 0. The maximum Gasteiger partial charge on any atom is 0.0235 e. The van der Waals surface area contributed by atoms with Gasteiger partial charge in [-0.3, -0.25) is 4.90 Å². The van der Waals surface area contributed by atoms with Gasteiger partial charge in [-0.25, -0.2) is 0 Å². The summed E-state index contributed by atoms with van der Waals surface area (Å²) in [5, 5.41) is 3.67. The first-order valence-electron chi connectivity index (χ1n) is 6.12. The van der Waals surface area contributed by atoms with Crippen molar-refractivity contribution < 1.29 is 0 Å². The van der Waals surface area contributed by atoms with Crippen LogP contribution in [0.25, 0.3) is 0 Å². The van der Waals surface area contributed by atoms with E-state index in [0.29, 0.717) is 5.54 Å². The van der Waals surface area contributed by atoms with Crippen molar-refractivity contribution in [3.63, 3.8) is 0 Å². The lowest BCUT2D eigenvalue weighted by Gasteiger charge is -2.34. The van der Waals surface area contributed by atoms with Crippen molar-refractivity contribution in [3.8, 4) is 0 Å². The molecule has 0 bridgehead atoms. The van der Waals surface area contributed by atoms with Crippen molar-refractivity contribution >= 4 is 0 Å². The third-order valence-electron chi connectivity index (χ3n) is 4.32. The van der Waals surface area contributed by atoms with Crippen molar-refractivity contribution in [2.75, 3.05) is 19.6 Å². The molecular weight excluding hydrogens is 172 g/mol. The molecule has 2 fully saturated rings. The number of hydrogen-bond acceptors (Lipinski definition) is 2. The van der Waals surface area contributed by atoms with E-state index in [0.717, 1.165) is 12.0 Å². The highest BCUT2D eigenvalue weighted by Gasteiger charge is 2.39. The Morgan fingerprint density at radius 3 is 2.79 bits per heavy atom. The lowest BCUT2D eigenvalue weighted by molar-refractivity contribution is 0.143. The van der Waals surface area contributed by atoms with Crippen LogP contribution in [0.1, 0.15) is 40.0 Å². The largest absolute Gasteiger partial charge is 0.312 e. The molecule has 2 heteroatoms. The van der Waals surface area contributed by atoms with Crippen LogP contribution in [0.3, 0.4) is 0 Å². The fourth-order valence-corrected chi connectivity index (χ4v) is 2.76. The summed E-state index contributed by atoms with van der Waals surface area (Å²) in [4.78, 5) is 2.68. The van der Waals surface area contributed by atoms with Gasteiger partial charge in [0.05, 0.1) is 0 Å². The van der Waals surface area contributed by atoms with Gasteiger partial charge in [0.25, 0.3) is 0 Å². The van der Waals surface area contributed by atoms with E-state index in [2.05, 4.69) is 31.0 Å². The van der Waals surface area contributed by atoms with Crippen LogP contribution in [0.5, 0.6) is 0 Å². The quantitative estimate of drug-likeness (QED) is 0.725. The van der Waals surface area contributed by atoms with Crippen molar-refractivity contribution in [1.29, 1.82) is 0 Å². The molecule has 2 aliphatic heterocycles. The summed E-state index contributed by atoms with van der Waals surface area (Å²) in [7, 11) is 0. The SMILES string of the molecule is CCC(C)(C)N1C[C@H]2CCCN[C@H]2C1. The third kappa shape index (κ3) is 1.82. The highest BCUT2D eigenvalue weighted by molar-refractivity contribution is 4.96. The number of nitrogens with zero attached hydrogens (tertiary/aromatic N) is 1. The topological polar surface area (TPSA) is 15.3 Å². The monoisotopic (exact) mass is 196 g/mol. The Kier molecular flexibility index (Phi) is 2.85. The molecule has 0 aromatic heterocycles. The average Bonchev–Trinajstić information content (AvgIpc) is 2.61. The van der Waals surface area contributed by atoms with Gasteiger partial charge in [-0.15, -0.1) is 0 Å². The molecule has 0 spiro atoms. The van der Waals surface area contributed by atoms with Gasteiger partial charge in [0.2, 0.25) is 0 Å². The summed E-state index contributed by atoms with van der Waals surface area (Å²) < 4.78 is 0. The molecule has 0 aliphatic carbocycles. The van der Waals surface area contributed by atoms with Crippen LogP contribution >= 0.6 is 0 Å². The van der Waals surface area contributed by atoms with Gasteiger partial charge < -0.3 is 5.32 Å². The Morgan fingerprint density at radius 1 is 1.36 bits per heavy atom. The number of rotatable bonds is 2. The van der Waals surface area contributed by atoms with Crippen LogP contribution in [0, 0.1) is 5.92 Å². The molecular formula is C12H24N2. The lowest BCUT2D eigenvalue weighted by Crippen LogP contribution is -2.44. The Balaban J connectivity index is 1.99. The summed E-state index contributed by atoms with van der Waals surface area (Å²) in [6.45, 7) is 10.9. The molecule has 2 rings (SSSR count). The normalized spacial score (nSPS) is 34.5. The first-order valence-corrected chi connectivity index (χ1v) is 6.12. The number of likely N-dealkylation sites (tertiary alicyclic amines) is 1.